The van der Waals surface area contributed by atoms with Gasteiger partial charge in [-0.3, -0.25) is 0 Å². The third-order valence-corrected chi connectivity index (χ3v) is 6.76. The number of anilines is 1. The molecule has 5 rings (SSSR count). The lowest BCUT2D eigenvalue weighted by Crippen LogP contribution is -2.56. The van der Waals surface area contributed by atoms with E-state index >= 15 is 0 Å². The number of piperidine rings is 1. The highest BCUT2D eigenvalue weighted by molar-refractivity contribution is 5.73. The van der Waals surface area contributed by atoms with Crippen LogP contribution in [0, 0.1) is 0 Å². The van der Waals surface area contributed by atoms with Crippen molar-refractivity contribution >= 4 is 5.69 Å². The van der Waals surface area contributed by atoms with Gasteiger partial charge in [-0.05, 0) is 36.1 Å². The van der Waals surface area contributed by atoms with E-state index in [-0.39, 0.29) is 5.41 Å². The molecule has 0 spiro atoms. The Morgan fingerprint density at radius 1 is 1.15 bits per heavy atom. The molecule has 0 N–H and O–H groups in total. The molecule has 3 aliphatic heterocycles. The van der Waals surface area contributed by atoms with E-state index in [2.05, 4.69) is 53.1 Å². The first-order chi connectivity index (χ1) is 13.2. The Hall–Kier alpha value is -2.20. The summed E-state index contributed by atoms with van der Waals surface area (Å²) in [4.78, 5) is 5.27. The predicted octanol–water partition coefficient (Wildman–Crippen LogP) is 3.48. The fraction of sp³-hybridized carbons (Fsp3) is 0.478. The number of ether oxygens (including phenoxy) is 2. The topological polar surface area (TPSA) is 24.9 Å². The fourth-order valence-corrected chi connectivity index (χ4v) is 5.49. The van der Waals surface area contributed by atoms with Crippen molar-refractivity contribution in [2.24, 2.45) is 0 Å². The minimum Gasteiger partial charge on any atom is -0.496 e. The van der Waals surface area contributed by atoms with Gasteiger partial charge in [0, 0.05) is 31.1 Å². The fourth-order valence-electron chi connectivity index (χ4n) is 5.49. The van der Waals surface area contributed by atoms with Crippen molar-refractivity contribution in [1.29, 1.82) is 0 Å². The van der Waals surface area contributed by atoms with Crippen molar-refractivity contribution in [2.75, 3.05) is 44.8 Å². The van der Waals surface area contributed by atoms with Gasteiger partial charge in [0.25, 0.3) is 0 Å². The zero-order valence-corrected chi connectivity index (χ0v) is 16.3. The molecule has 2 unspecified atom stereocenters. The molecule has 0 amide bonds. The van der Waals surface area contributed by atoms with Crippen LogP contribution in [-0.4, -0.2) is 50.8 Å². The molecule has 2 atom stereocenters. The minimum atomic E-state index is 0.179. The van der Waals surface area contributed by atoms with E-state index in [0.29, 0.717) is 6.04 Å². The van der Waals surface area contributed by atoms with E-state index < -0.39 is 0 Å². The standard InChI is InChI=1S/C23H28N2O2/c1-23-16-24(12-10-17-6-3-4-8-19(17)26-2)13-11-21(23)25-14-15-27-20-9-5-7-18(23)22(20)25/h3-9,21H,10-16H2,1-2H3. The second-order valence-corrected chi connectivity index (χ2v) is 8.25. The van der Waals surface area contributed by atoms with Crippen LogP contribution in [0.5, 0.6) is 11.5 Å². The van der Waals surface area contributed by atoms with Gasteiger partial charge in [0.05, 0.1) is 19.3 Å². The summed E-state index contributed by atoms with van der Waals surface area (Å²) in [5, 5.41) is 0. The van der Waals surface area contributed by atoms with Crippen LogP contribution >= 0.6 is 0 Å². The Morgan fingerprint density at radius 3 is 2.93 bits per heavy atom. The first kappa shape index (κ1) is 16.9. The second kappa shape index (κ2) is 6.45. The van der Waals surface area contributed by atoms with Gasteiger partial charge in [0.2, 0.25) is 0 Å². The molecule has 3 aliphatic rings. The predicted molar refractivity (Wildman–Crippen MR) is 108 cm³/mol. The highest BCUT2D eigenvalue weighted by Gasteiger charge is 2.52. The summed E-state index contributed by atoms with van der Waals surface area (Å²) >= 11 is 0. The number of nitrogens with zero attached hydrogens (tertiary/aromatic N) is 2. The van der Waals surface area contributed by atoms with E-state index in [1.807, 2.05) is 6.07 Å². The average molecular weight is 364 g/mol. The Kier molecular flexibility index (Phi) is 4.05. The molecule has 4 heteroatoms. The van der Waals surface area contributed by atoms with Crippen LogP contribution in [0.2, 0.25) is 0 Å². The zero-order chi connectivity index (χ0) is 18.4. The summed E-state index contributed by atoms with van der Waals surface area (Å²) in [6, 6.07) is 15.6. The molecule has 0 bridgehead atoms. The smallest absolute Gasteiger partial charge is 0.143 e. The summed E-state index contributed by atoms with van der Waals surface area (Å²) in [5.41, 5.74) is 4.32. The zero-order valence-electron chi connectivity index (χ0n) is 16.3. The molecule has 27 heavy (non-hydrogen) atoms. The molecule has 0 aromatic heterocycles. The molecular formula is C23H28N2O2. The lowest BCUT2D eigenvalue weighted by atomic mass is 9.74. The Bertz CT molecular complexity index is 852. The number of fused-ring (bicyclic) bond motifs is 3. The van der Waals surface area contributed by atoms with Crippen LogP contribution < -0.4 is 14.4 Å². The van der Waals surface area contributed by atoms with Crippen molar-refractivity contribution < 1.29 is 9.47 Å². The molecule has 142 valence electrons. The monoisotopic (exact) mass is 364 g/mol. The van der Waals surface area contributed by atoms with Crippen LogP contribution in [0.4, 0.5) is 5.69 Å². The highest BCUT2D eigenvalue weighted by Crippen LogP contribution is 2.53. The van der Waals surface area contributed by atoms with Crippen LogP contribution in [0.1, 0.15) is 24.5 Å². The molecule has 2 aromatic carbocycles. The summed E-state index contributed by atoms with van der Waals surface area (Å²) in [5.74, 6) is 2.08. The summed E-state index contributed by atoms with van der Waals surface area (Å²) in [7, 11) is 1.76. The third-order valence-electron chi connectivity index (χ3n) is 6.76. The first-order valence-electron chi connectivity index (χ1n) is 10.1. The Balaban J connectivity index is 1.37. The van der Waals surface area contributed by atoms with Crippen LogP contribution in [0.25, 0.3) is 0 Å². The largest absolute Gasteiger partial charge is 0.496 e. The lowest BCUT2D eigenvalue weighted by molar-refractivity contribution is 0.140. The second-order valence-electron chi connectivity index (χ2n) is 8.25. The van der Waals surface area contributed by atoms with E-state index in [9.17, 15) is 0 Å². The van der Waals surface area contributed by atoms with Gasteiger partial charge in [-0.15, -0.1) is 0 Å². The van der Waals surface area contributed by atoms with Gasteiger partial charge in [-0.1, -0.05) is 37.3 Å². The normalized spacial score (nSPS) is 26.3. The quantitative estimate of drug-likeness (QED) is 0.829. The molecule has 1 saturated heterocycles. The first-order valence-corrected chi connectivity index (χ1v) is 10.1. The van der Waals surface area contributed by atoms with E-state index in [4.69, 9.17) is 9.47 Å². The Labute approximate surface area is 161 Å². The summed E-state index contributed by atoms with van der Waals surface area (Å²) in [6.45, 7) is 7.64. The Morgan fingerprint density at radius 2 is 2.04 bits per heavy atom. The lowest BCUT2D eigenvalue weighted by Gasteiger charge is -2.45. The number of likely N-dealkylation sites (tertiary alicyclic amines) is 1. The van der Waals surface area contributed by atoms with E-state index in [0.717, 1.165) is 50.7 Å². The van der Waals surface area contributed by atoms with E-state index in [1.165, 1.54) is 23.2 Å². The molecule has 4 nitrogen and oxygen atoms in total. The third kappa shape index (κ3) is 2.61. The van der Waals surface area contributed by atoms with Crippen molar-refractivity contribution in [3.05, 3.63) is 53.6 Å². The summed E-state index contributed by atoms with van der Waals surface area (Å²) < 4.78 is 11.5. The van der Waals surface area contributed by atoms with Crippen LogP contribution in [-0.2, 0) is 11.8 Å². The van der Waals surface area contributed by atoms with Gasteiger partial charge in [0.15, 0.2) is 0 Å². The molecule has 0 saturated carbocycles. The van der Waals surface area contributed by atoms with Crippen molar-refractivity contribution in [2.45, 2.75) is 31.2 Å². The number of para-hydroxylation sites is 2. The number of hydrogen-bond donors (Lipinski definition) is 0. The summed E-state index contributed by atoms with van der Waals surface area (Å²) in [6.07, 6.45) is 2.25. The van der Waals surface area contributed by atoms with Crippen LogP contribution in [0.15, 0.2) is 42.5 Å². The number of rotatable bonds is 4. The minimum absolute atomic E-state index is 0.179. The SMILES string of the molecule is COc1ccccc1CCN1CCC2N3CCOc4cccc(c43)C2(C)C1. The van der Waals surface area contributed by atoms with Gasteiger partial charge >= 0.3 is 0 Å². The average Bonchev–Trinajstić information content (AvgIpc) is 2.96. The maximum absolute atomic E-state index is 5.95. The van der Waals surface area contributed by atoms with Crippen molar-refractivity contribution in [3.8, 4) is 11.5 Å². The van der Waals surface area contributed by atoms with Gasteiger partial charge in [-0.2, -0.15) is 0 Å². The van der Waals surface area contributed by atoms with Gasteiger partial charge < -0.3 is 19.3 Å². The number of benzene rings is 2. The molecular weight excluding hydrogens is 336 g/mol. The highest BCUT2D eigenvalue weighted by atomic mass is 16.5. The molecule has 0 aliphatic carbocycles. The molecule has 2 aromatic rings. The molecule has 1 fully saturated rings. The van der Waals surface area contributed by atoms with Crippen molar-refractivity contribution in [3.63, 3.8) is 0 Å². The van der Waals surface area contributed by atoms with E-state index in [1.54, 1.807) is 7.11 Å². The van der Waals surface area contributed by atoms with Crippen molar-refractivity contribution in [1.82, 2.24) is 4.90 Å². The maximum atomic E-state index is 5.95. The molecule has 3 heterocycles. The number of methoxy groups -OCH3 is 1. The van der Waals surface area contributed by atoms with Gasteiger partial charge in [-0.25, -0.2) is 0 Å². The van der Waals surface area contributed by atoms with Crippen LogP contribution in [0.3, 0.4) is 0 Å². The maximum Gasteiger partial charge on any atom is 0.143 e. The van der Waals surface area contributed by atoms with Gasteiger partial charge in [0.1, 0.15) is 18.1 Å². The number of hydrogen-bond acceptors (Lipinski definition) is 4. The molecule has 0 radical (unpaired) electrons.